The number of ether oxygens (including phenoxy) is 1. The van der Waals surface area contributed by atoms with Gasteiger partial charge < -0.3 is 9.84 Å². The second-order valence-electron chi connectivity index (χ2n) is 3.50. The van der Waals surface area contributed by atoms with Crippen LogP contribution in [0.25, 0.3) is 0 Å². The predicted molar refractivity (Wildman–Crippen MR) is 61.0 cm³/mol. The molecule has 0 unspecified atom stereocenters. The van der Waals surface area contributed by atoms with E-state index in [9.17, 15) is 9.59 Å². The van der Waals surface area contributed by atoms with Crippen LogP contribution in [0.4, 0.5) is 0 Å². The molecule has 0 aliphatic heterocycles. The van der Waals surface area contributed by atoms with Crippen LogP contribution < -0.4 is 0 Å². The molecule has 0 aliphatic rings. The Balaban J connectivity index is 3.77. The SMILES string of the molecule is C=C(CCOC(=O)C(=C)CCCC)C(=O)O. The van der Waals surface area contributed by atoms with Crippen LogP contribution in [0, 0.1) is 0 Å². The first kappa shape index (κ1) is 14.4. The highest BCUT2D eigenvalue weighted by Crippen LogP contribution is 2.07. The third-order valence-corrected chi connectivity index (χ3v) is 2.06. The Bertz CT molecular complexity index is 291. The summed E-state index contributed by atoms with van der Waals surface area (Å²) in [5.41, 5.74) is 0.467. The number of carbonyl (C=O) groups excluding carboxylic acids is 1. The molecule has 0 amide bonds. The standard InChI is InChI=1S/C12H18O4/c1-4-5-6-10(3)12(15)16-8-7-9(2)11(13)14/h2-8H2,1H3,(H,13,14). The second-order valence-corrected chi connectivity index (χ2v) is 3.50. The Labute approximate surface area is 95.6 Å². The summed E-state index contributed by atoms with van der Waals surface area (Å²) in [4.78, 5) is 21.7. The van der Waals surface area contributed by atoms with Gasteiger partial charge in [0.2, 0.25) is 0 Å². The highest BCUT2D eigenvalue weighted by molar-refractivity contribution is 5.88. The Morgan fingerprint density at radius 2 is 1.81 bits per heavy atom. The van der Waals surface area contributed by atoms with Crippen LogP contribution >= 0.6 is 0 Å². The molecule has 0 aromatic carbocycles. The first-order valence-electron chi connectivity index (χ1n) is 5.25. The number of unbranched alkanes of at least 4 members (excludes halogenated alkanes) is 1. The molecule has 4 heteroatoms. The van der Waals surface area contributed by atoms with E-state index in [4.69, 9.17) is 9.84 Å². The Morgan fingerprint density at radius 3 is 2.31 bits per heavy atom. The average Bonchev–Trinajstić information content (AvgIpc) is 2.25. The molecule has 0 saturated carbocycles. The van der Waals surface area contributed by atoms with Crippen molar-refractivity contribution < 1.29 is 19.4 Å². The maximum absolute atomic E-state index is 11.3. The van der Waals surface area contributed by atoms with Crippen LogP contribution in [0.1, 0.15) is 32.6 Å². The molecule has 0 atom stereocenters. The van der Waals surface area contributed by atoms with Crippen molar-refractivity contribution in [3.05, 3.63) is 24.3 Å². The van der Waals surface area contributed by atoms with E-state index in [1.54, 1.807) is 0 Å². The second kappa shape index (κ2) is 7.68. The summed E-state index contributed by atoms with van der Waals surface area (Å²) in [7, 11) is 0. The number of carbonyl (C=O) groups is 2. The monoisotopic (exact) mass is 226 g/mol. The molecule has 0 saturated heterocycles. The third-order valence-electron chi connectivity index (χ3n) is 2.06. The van der Waals surface area contributed by atoms with Crippen LogP contribution in [-0.2, 0) is 14.3 Å². The van der Waals surface area contributed by atoms with Crippen molar-refractivity contribution in [2.24, 2.45) is 0 Å². The van der Waals surface area contributed by atoms with Gasteiger partial charge in [0, 0.05) is 17.6 Å². The van der Waals surface area contributed by atoms with Crippen molar-refractivity contribution in [2.75, 3.05) is 6.61 Å². The molecular formula is C12H18O4. The van der Waals surface area contributed by atoms with Crippen LogP contribution in [-0.4, -0.2) is 23.7 Å². The minimum absolute atomic E-state index is 0.0342. The van der Waals surface area contributed by atoms with Gasteiger partial charge in [0.1, 0.15) is 0 Å². The zero-order valence-electron chi connectivity index (χ0n) is 9.62. The number of aliphatic carboxylic acids is 1. The maximum atomic E-state index is 11.3. The molecule has 0 aliphatic carbocycles. The lowest BCUT2D eigenvalue weighted by molar-refractivity contribution is -0.140. The van der Waals surface area contributed by atoms with E-state index in [0.717, 1.165) is 12.8 Å². The topological polar surface area (TPSA) is 63.6 Å². The van der Waals surface area contributed by atoms with Crippen molar-refractivity contribution >= 4 is 11.9 Å². The largest absolute Gasteiger partial charge is 0.478 e. The molecule has 0 radical (unpaired) electrons. The molecular weight excluding hydrogens is 208 g/mol. The summed E-state index contributed by atoms with van der Waals surface area (Å²) in [6, 6.07) is 0. The highest BCUT2D eigenvalue weighted by Gasteiger charge is 2.09. The van der Waals surface area contributed by atoms with Gasteiger partial charge >= 0.3 is 11.9 Å². The fourth-order valence-corrected chi connectivity index (χ4v) is 0.968. The zero-order chi connectivity index (χ0) is 12.6. The lowest BCUT2D eigenvalue weighted by Crippen LogP contribution is -2.10. The average molecular weight is 226 g/mol. The fraction of sp³-hybridized carbons (Fsp3) is 0.500. The molecule has 0 rings (SSSR count). The van der Waals surface area contributed by atoms with Crippen LogP contribution in [0.3, 0.4) is 0 Å². The van der Waals surface area contributed by atoms with Crippen molar-refractivity contribution in [2.45, 2.75) is 32.6 Å². The number of rotatable bonds is 8. The highest BCUT2D eigenvalue weighted by atomic mass is 16.5. The maximum Gasteiger partial charge on any atom is 0.333 e. The molecule has 0 spiro atoms. The molecule has 0 bridgehead atoms. The minimum atomic E-state index is -1.07. The molecule has 0 aromatic heterocycles. The fourth-order valence-electron chi connectivity index (χ4n) is 0.968. The first-order valence-corrected chi connectivity index (χ1v) is 5.25. The van der Waals surface area contributed by atoms with Gasteiger partial charge in [-0.05, 0) is 12.8 Å². The number of carboxylic acid groups (broad SMARTS) is 1. The van der Waals surface area contributed by atoms with E-state index in [2.05, 4.69) is 13.2 Å². The van der Waals surface area contributed by atoms with E-state index >= 15 is 0 Å². The first-order chi connectivity index (χ1) is 7.49. The van der Waals surface area contributed by atoms with E-state index in [-0.39, 0.29) is 18.6 Å². The van der Waals surface area contributed by atoms with Gasteiger partial charge in [0.05, 0.1) is 6.61 Å². The van der Waals surface area contributed by atoms with Gasteiger partial charge in [-0.3, -0.25) is 0 Å². The molecule has 1 N–H and O–H groups in total. The number of hydrogen-bond donors (Lipinski definition) is 1. The van der Waals surface area contributed by atoms with Crippen LogP contribution in [0.5, 0.6) is 0 Å². The molecule has 16 heavy (non-hydrogen) atoms. The van der Waals surface area contributed by atoms with Gasteiger partial charge in [-0.15, -0.1) is 0 Å². The van der Waals surface area contributed by atoms with Crippen LogP contribution in [0.15, 0.2) is 24.3 Å². The normalized spacial score (nSPS) is 9.56. The summed E-state index contributed by atoms with van der Waals surface area (Å²) >= 11 is 0. The molecule has 0 heterocycles. The quantitative estimate of drug-likeness (QED) is 0.509. The van der Waals surface area contributed by atoms with Gasteiger partial charge in [0.25, 0.3) is 0 Å². The zero-order valence-corrected chi connectivity index (χ0v) is 9.62. The minimum Gasteiger partial charge on any atom is -0.478 e. The van der Waals surface area contributed by atoms with Crippen LogP contribution in [0.2, 0.25) is 0 Å². The molecule has 4 nitrogen and oxygen atoms in total. The van der Waals surface area contributed by atoms with Gasteiger partial charge in [-0.1, -0.05) is 26.5 Å². The summed E-state index contributed by atoms with van der Waals surface area (Å²) in [6.07, 6.45) is 2.65. The molecule has 0 aromatic rings. The van der Waals surface area contributed by atoms with Crippen molar-refractivity contribution in [1.82, 2.24) is 0 Å². The van der Waals surface area contributed by atoms with E-state index < -0.39 is 11.9 Å². The van der Waals surface area contributed by atoms with Gasteiger partial charge in [0.15, 0.2) is 0 Å². The summed E-state index contributed by atoms with van der Waals surface area (Å²) in [6.45, 7) is 9.00. The molecule has 0 fully saturated rings. The number of carboxylic acids is 1. The van der Waals surface area contributed by atoms with Crippen molar-refractivity contribution in [3.8, 4) is 0 Å². The van der Waals surface area contributed by atoms with E-state index in [1.165, 1.54) is 0 Å². The molecule has 90 valence electrons. The summed E-state index contributed by atoms with van der Waals surface area (Å²) in [5, 5.41) is 8.51. The Morgan fingerprint density at radius 1 is 1.19 bits per heavy atom. The Kier molecular flexibility index (Phi) is 6.92. The predicted octanol–water partition coefficient (Wildman–Crippen LogP) is 2.31. The number of esters is 1. The smallest absolute Gasteiger partial charge is 0.333 e. The van der Waals surface area contributed by atoms with Gasteiger partial charge in [-0.25, -0.2) is 9.59 Å². The van der Waals surface area contributed by atoms with E-state index in [0.29, 0.717) is 12.0 Å². The Hall–Kier alpha value is -1.58. The summed E-state index contributed by atoms with van der Waals surface area (Å²) < 4.78 is 4.86. The van der Waals surface area contributed by atoms with Gasteiger partial charge in [-0.2, -0.15) is 0 Å². The third kappa shape index (κ3) is 6.01. The number of hydrogen-bond acceptors (Lipinski definition) is 3. The summed E-state index contributed by atoms with van der Waals surface area (Å²) in [5.74, 6) is -1.52. The van der Waals surface area contributed by atoms with Crippen molar-refractivity contribution in [1.29, 1.82) is 0 Å². The lowest BCUT2D eigenvalue weighted by atomic mass is 10.1. The van der Waals surface area contributed by atoms with E-state index in [1.807, 2.05) is 6.92 Å². The lowest BCUT2D eigenvalue weighted by Gasteiger charge is -2.06. The van der Waals surface area contributed by atoms with Crippen molar-refractivity contribution in [3.63, 3.8) is 0 Å².